The highest BCUT2D eigenvalue weighted by Crippen LogP contribution is 2.18. The molecule has 2 N–H and O–H groups in total. The molecular formula is C15H20N4OS. The van der Waals surface area contributed by atoms with Gasteiger partial charge in [-0.3, -0.25) is 4.90 Å². The third-order valence-corrected chi connectivity index (χ3v) is 4.49. The summed E-state index contributed by atoms with van der Waals surface area (Å²) in [5.74, 6) is 0. The highest BCUT2D eigenvalue weighted by Gasteiger charge is 2.18. The van der Waals surface area contributed by atoms with Crippen LogP contribution in [0.3, 0.4) is 0 Å². The number of aryl methyl sites for hydroxylation is 1. The lowest BCUT2D eigenvalue weighted by molar-refractivity contribution is 0.114. The summed E-state index contributed by atoms with van der Waals surface area (Å²) in [6.45, 7) is 5.04. The van der Waals surface area contributed by atoms with Gasteiger partial charge in [-0.1, -0.05) is 35.6 Å². The third-order valence-electron chi connectivity index (χ3n) is 3.69. The molecule has 2 heterocycles. The van der Waals surface area contributed by atoms with Gasteiger partial charge in [0.25, 0.3) is 0 Å². The molecule has 0 aliphatic carbocycles. The van der Waals surface area contributed by atoms with E-state index in [2.05, 4.69) is 44.7 Å². The Morgan fingerprint density at radius 2 is 2.14 bits per heavy atom. The molecule has 3 rings (SSSR count). The van der Waals surface area contributed by atoms with Crippen LogP contribution in [0.25, 0.3) is 0 Å². The van der Waals surface area contributed by atoms with Crippen molar-refractivity contribution < 1.29 is 5.11 Å². The summed E-state index contributed by atoms with van der Waals surface area (Å²) < 4.78 is 0. The molecule has 0 saturated heterocycles. The monoisotopic (exact) mass is 304 g/mol. The quantitative estimate of drug-likeness (QED) is 0.880. The van der Waals surface area contributed by atoms with Gasteiger partial charge < -0.3 is 10.4 Å². The Kier molecular flexibility index (Phi) is 4.48. The Hall–Kier alpha value is -1.50. The van der Waals surface area contributed by atoms with Gasteiger partial charge >= 0.3 is 0 Å². The maximum Gasteiger partial charge on any atom is 0.205 e. The van der Waals surface area contributed by atoms with E-state index in [1.54, 1.807) is 0 Å². The number of benzene rings is 1. The topological polar surface area (TPSA) is 61.3 Å². The highest BCUT2D eigenvalue weighted by molar-refractivity contribution is 7.15. The number of anilines is 1. The minimum Gasteiger partial charge on any atom is -0.390 e. The van der Waals surface area contributed by atoms with Gasteiger partial charge in [0.1, 0.15) is 5.01 Å². The number of hydrogen-bond acceptors (Lipinski definition) is 6. The van der Waals surface area contributed by atoms with Crippen molar-refractivity contribution in [3.8, 4) is 0 Å². The Morgan fingerprint density at radius 1 is 1.33 bits per heavy atom. The molecular weight excluding hydrogens is 284 g/mol. The van der Waals surface area contributed by atoms with Crippen LogP contribution in [-0.2, 0) is 13.0 Å². The van der Waals surface area contributed by atoms with Gasteiger partial charge in [-0.2, -0.15) is 0 Å². The summed E-state index contributed by atoms with van der Waals surface area (Å²) in [6.07, 6.45) is 0.658. The lowest BCUT2D eigenvalue weighted by Gasteiger charge is -2.30. The molecule has 2 aromatic rings. The molecule has 1 aromatic heterocycles. The van der Waals surface area contributed by atoms with Gasteiger partial charge in [0.05, 0.1) is 6.10 Å². The van der Waals surface area contributed by atoms with Crippen LogP contribution in [0.5, 0.6) is 0 Å². The van der Waals surface area contributed by atoms with Gasteiger partial charge in [-0.05, 0) is 24.5 Å². The zero-order chi connectivity index (χ0) is 14.7. The number of β-amino-alcohol motifs (C(OH)–C–C–N with tert-alkyl or cyclic N) is 1. The van der Waals surface area contributed by atoms with E-state index in [4.69, 9.17) is 0 Å². The molecule has 6 heteroatoms. The number of aliphatic hydroxyl groups is 1. The van der Waals surface area contributed by atoms with E-state index in [9.17, 15) is 5.11 Å². The van der Waals surface area contributed by atoms with E-state index >= 15 is 0 Å². The molecule has 5 nitrogen and oxygen atoms in total. The number of rotatable bonds is 5. The SMILES string of the molecule is Cc1nnc(NCC(O)CN2CCc3ccccc3C2)s1. The number of aromatic nitrogens is 2. The summed E-state index contributed by atoms with van der Waals surface area (Å²) >= 11 is 1.51. The minimum atomic E-state index is -0.403. The number of fused-ring (bicyclic) bond motifs is 1. The van der Waals surface area contributed by atoms with Gasteiger partial charge in [0.2, 0.25) is 5.13 Å². The molecule has 1 unspecified atom stereocenters. The lowest BCUT2D eigenvalue weighted by atomic mass is 10.00. The second-order valence-corrected chi connectivity index (χ2v) is 6.60. The smallest absolute Gasteiger partial charge is 0.205 e. The molecule has 1 atom stereocenters. The molecule has 112 valence electrons. The number of hydrogen-bond donors (Lipinski definition) is 2. The average Bonchev–Trinajstić information content (AvgIpc) is 2.91. The van der Waals surface area contributed by atoms with Gasteiger partial charge in [-0.15, -0.1) is 10.2 Å². The molecule has 0 bridgehead atoms. The Bertz CT molecular complexity index is 601. The number of aliphatic hydroxyl groups excluding tert-OH is 1. The van der Waals surface area contributed by atoms with Gasteiger partial charge in [0.15, 0.2) is 0 Å². The predicted octanol–water partition coefficient (Wildman–Crippen LogP) is 1.68. The normalized spacial score (nSPS) is 16.5. The summed E-state index contributed by atoms with van der Waals surface area (Å²) in [5, 5.41) is 23.0. The summed E-state index contributed by atoms with van der Waals surface area (Å²) in [5.41, 5.74) is 2.81. The second kappa shape index (κ2) is 6.51. The Morgan fingerprint density at radius 3 is 2.90 bits per heavy atom. The van der Waals surface area contributed by atoms with Crippen molar-refractivity contribution in [2.75, 3.05) is 25.0 Å². The molecule has 1 aliphatic rings. The molecule has 1 aromatic carbocycles. The fraction of sp³-hybridized carbons (Fsp3) is 0.467. The summed E-state index contributed by atoms with van der Waals surface area (Å²) in [6, 6.07) is 8.55. The number of nitrogens with zero attached hydrogens (tertiary/aromatic N) is 3. The van der Waals surface area contributed by atoms with E-state index in [1.165, 1.54) is 22.5 Å². The van der Waals surface area contributed by atoms with Gasteiger partial charge in [0, 0.05) is 26.2 Å². The maximum atomic E-state index is 10.2. The molecule has 1 aliphatic heterocycles. The van der Waals surface area contributed by atoms with Crippen LogP contribution in [0.1, 0.15) is 16.1 Å². The first-order valence-electron chi connectivity index (χ1n) is 7.22. The van der Waals surface area contributed by atoms with Crippen LogP contribution in [0.2, 0.25) is 0 Å². The Labute approximate surface area is 128 Å². The van der Waals surface area contributed by atoms with Gasteiger partial charge in [-0.25, -0.2) is 0 Å². The van der Waals surface area contributed by atoms with Crippen LogP contribution < -0.4 is 5.32 Å². The van der Waals surface area contributed by atoms with Crippen LogP contribution in [0.15, 0.2) is 24.3 Å². The van der Waals surface area contributed by atoms with Crippen molar-refractivity contribution in [3.05, 3.63) is 40.4 Å². The molecule has 0 spiro atoms. The van der Waals surface area contributed by atoms with Crippen molar-refractivity contribution in [2.45, 2.75) is 26.0 Å². The standard InChI is InChI=1S/C15H20N4OS/c1-11-17-18-15(21-11)16-8-14(20)10-19-7-6-12-4-2-3-5-13(12)9-19/h2-5,14,20H,6-10H2,1H3,(H,16,18). The van der Waals surface area contributed by atoms with E-state index < -0.39 is 6.10 Å². The first-order valence-corrected chi connectivity index (χ1v) is 8.03. The third kappa shape index (κ3) is 3.78. The van der Waals surface area contributed by atoms with Crippen LogP contribution in [0.4, 0.5) is 5.13 Å². The predicted molar refractivity (Wildman–Crippen MR) is 84.6 cm³/mol. The van der Waals surface area contributed by atoms with Crippen molar-refractivity contribution >= 4 is 16.5 Å². The lowest BCUT2D eigenvalue weighted by Crippen LogP contribution is -2.39. The van der Waals surface area contributed by atoms with Crippen molar-refractivity contribution in [2.24, 2.45) is 0 Å². The van der Waals surface area contributed by atoms with Crippen molar-refractivity contribution in [3.63, 3.8) is 0 Å². The van der Waals surface area contributed by atoms with Crippen LogP contribution in [-0.4, -0.2) is 45.9 Å². The molecule has 21 heavy (non-hydrogen) atoms. The van der Waals surface area contributed by atoms with E-state index in [-0.39, 0.29) is 0 Å². The summed E-state index contributed by atoms with van der Waals surface area (Å²) in [4.78, 5) is 2.31. The Balaban J connectivity index is 1.48. The zero-order valence-electron chi connectivity index (χ0n) is 12.1. The maximum absolute atomic E-state index is 10.2. The van der Waals surface area contributed by atoms with Crippen molar-refractivity contribution in [1.29, 1.82) is 0 Å². The van der Waals surface area contributed by atoms with Crippen LogP contribution in [0, 0.1) is 6.92 Å². The van der Waals surface area contributed by atoms with E-state index in [0.29, 0.717) is 13.1 Å². The molecule has 0 amide bonds. The van der Waals surface area contributed by atoms with Crippen molar-refractivity contribution in [1.82, 2.24) is 15.1 Å². The fourth-order valence-electron chi connectivity index (χ4n) is 2.65. The minimum absolute atomic E-state index is 0.403. The molecule has 0 radical (unpaired) electrons. The first kappa shape index (κ1) is 14.4. The molecule has 0 saturated carbocycles. The average molecular weight is 304 g/mol. The fourth-order valence-corrected chi connectivity index (χ4v) is 3.24. The highest BCUT2D eigenvalue weighted by atomic mass is 32.1. The van der Waals surface area contributed by atoms with E-state index in [0.717, 1.165) is 29.6 Å². The first-order chi connectivity index (χ1) is 10.2. The second-order valence-electron chi connectivity index (χ2n) is 5.41. The zero-order valence-corrected chi connectivity index (χ0v) is 12.9. The summed E-state index contributed by atoms with van der Waals surface area (Å²) in [7, 11) is 0. The van der Waals surface area contributed by atoms with E-state index in [1.807, 2.05) is 6.92 Å². The molecule has 0 fully saturated rings. The van der Waals surface area contributed by atoms with Crippen LogP contribution >= 0.6 is 11.3 Å². The number of nitrogens with one attached hydrogen (secondary N) is 1. The largest absolute Gasteiger partial charge is 0.390 e.